The summed E-state index contributed by atoms with van der Waals surface area (Å²) in [7, 11) is 1.62. The van der Waals surface area contributed by atoms with Crippen molar-refractivity contribution < 1.29 is 9.53 Å². The highest BCUT2D eigenvalue weighted by Gasteiger charge is 2.35. The molecular formula is C19H22ClN5O2. The Morgan fingerprint density at radius 3 is 3.00 bits per heavy atom. The molecule has 8 heteroatoms. The second kappa shape index (κ2) is 7.40. The second-order valence-corrected chi connectivity index (χ2v) is 7.43. The molecule has 1 amide bonds. The van der Waals surface area contributed by atoms with E-state index in [9.17, 15) is 4.79 Å². The second-order valence-electron chi connectivity index (χ2n) is 7.05. The van der Waals surface area contributed by atoms with Gasteiger partial charge in [0.15, 0.2) is 0 Å². The number of carbonyl (C=O) groups is 1. The maximum atomic E-state index is 13.1. The first-order valence-electron chi connectivity index (χ1n) is 9.04. The minimum absolute atomic E-state index is 0.0245. The largest absolute Gasteiger partial charge is 0.378 e. The highest BCUT2D eigenvalue weighted by molar-refractivity contribution is 6.32. The number of carbonyl (C=O) groups excluding carboxylic acids is 1. The lowest BCUT2D eigenvalue weighted by Crippen LogP contribution is -2.34. The molecule has 0 radical (unpaired) electrons. The molecule has 27 heavy (non-hydrogen) atoms. The first-order chi connectivity index (χ1) is 13.1. The number of fused-ring (bicyclic) bond motifs is 1. The van der Waals surface area contributed by atoms with Crippen LogP contribution in [0.5, 0.6) is 0 Å². The minimum Gasteiger partial charge on any atom is -0.378 e. The van der Waals surface area contributed by atoms with E-state index in [-0.39, 0.29) is 11.8 Å². The van der Waals surface area contributed by atoms with Gasteiger partial charge in [-0.1, -0.05) is 11.6 Å². The van der Waals surface area contributed by atoms with Gasteiger partial charge in [0.05, 0.1) is 35.5 Å². The minimum atomic E-state index is -0.0245. The van der Waals surface area contributed by atoms with Crippen LogP contribution < -0.4 is 4.90 Å². The van der Waals surface area contributed by atoms with Gasteiger partial charge < -0.3 is 14.5 Å². The molecule has 0 spiro atoms. The molecule has 4 heterocycles. The van der Waals surface area contributed by atoms with Gasteiger partial charge in [0, 0.05) is 32.9 Å². The van der Waals surface area contributed by atoms with E-state index in [0.29, 0.717) is 31.3 Å². The Labute approximate surface area is 163 Å². The molecule has 2 aliphatic rings. The molecule has 0 saturated carbocycles. The molecule has 1 fully saturated rings. The van der Waals surface area contributed by atoms with Gasteiger partial charge in [-0.3, -0.25) is 9.78 Å². The Kier molecular flexibility index (Phi) is 4.97. The molecule has 4 rings (SSSR count). The van der Waals surface area contributed by atoms with Crippen molar-refractivity contribution in [2.45, 2.75) is 33.0 Å². The lowest BCUT2D eigenvalue weighted by atomic mass is 10.1. The van der Waals surface area contributed by atoms with Crippen molar-refractivity contribution in [1.29, 1.82) is 0 Å². The van der Waals surface area contributed by atoms with E-state index < -0.39 is 0 Å². The van der Waals surface area contributed by atoms with Crippen molar-refractivity contribution in [2.75, 3.05) is 25.1 Å². The lowest BCUT2D eigenvalue weighted by molar-refractivity contribution is -0.135. The Morgan fingerprint density at radius 1 is 1.41 bits per heavy atom. The predicted octanol–water partition coefficient (Wildman–Crippen LogP) is 2.35. The van der Waals surface area contributed by atoms with Gasteiger partial charge in [-0.15, -0.1) is 0 Å². The van der Waals surface area contributed by atoms with E-state index in [2.05, 4.69) is 19.9 Å². The number of ether oxygens (including phenoxy) is 1. The number of halogens is 1. The van der Waals surface area contributed by atoms with Gasteiger partial charge >= 0.3 is 0 Å². The number of methoxy groups -OCH3 is 1. The number of pyridine rings is 1. The molecule has 142 valence electrons. The van der Waals surface area contributed by atoms with Crippen LogP contribution in [-0.2, 0) is 29.2 Å². The molecular weight excluding hydrogens is 366 g/mol. The number of amides is 1. The number of hydrogen-bond donors (Lipinski definition) is 0. The number of anilines is 1. The van der Waals surface area contributed by atoms with E-state index in [1.165, 1.54) is 6.33 Å². The quantitative estimate of drug-likeness (QED) is 0.801. The van der Waals surface area contributed by atoms with Gasteiger partial charge in [0.2, 0.25) is 5.91 Å². The van der Waals surface area contributed by atoms with Gasteiger partial charge in [-0.25, -0.2) is 9.97 Å². The van der Waals surface area contributed by atoms with E-state index in [4.69, 9.17) is 16.3 Å². The number of hydrogen-bond acceptors (Lipinski definition) is 6. The fourth-order valence-electron chi connectivity index (χ4n) is 3.90. The summed E-state index contributed by atoms with van der Waals surface area (Å²) < 4.78 is 5.19. The van der Waals surface area contributed by atoms with Crippen LogP contribution in [0.25, 0.3) is 0 Å². The van der Waals surface area contributed by atoms with Crippen LogP contribution in [0.3, 0.4) is 0 Å². The molecule has 1 saturated heterocycles. The number of nitrogens with zero attached hydrogens (tertiary/aromatic N) is 5. The monoisotopic (exact) mass is 387 g/mol. The smallest absolute Gasteiger partial charge is 0.228 e. The molecule has 0 unspecified atom stereocenters. The van der Waals surface area contributed by atoms with Crippen LogP contribution in [0.1, 0.15) is 28.9 Å². The van der Waals surface area contributed by atoms with Crippen molar-refractivity contribution >= 4 is 23.3 Å². The van der Waals surface area contributed by atoms with E-state index in [1.807, 2.05) is 17.9 Å². The van der Waals surface area contributed by atoms with Gasteiger partial charge in [0.1, 0.15) is 12.1 Å². The normalized spacial score (nSPS) is 18.9. The summed E-state index contributed by atoms with van der Waals surface area (Å²) in [6.45, 7) is 4.98. The average molecular weight is 388 g/mol. The van der Waals surface area contributed by atoms with Crippen LogP contribution in [0.4, 0.5) is 5.82 Å². The van der Waals surface area contributed by atoms with Crippen molar-refractivity contribution in [3.05, 3.63) is 46.1 Å². The first kappa shape index (κ1) is 18.1. The lowest BCUT2D eigenvalue weighted by Gasteiger charge is -2.21. The standard InChI is InChI=1S/C19H22ClN5O2/c1-12-14-8-25(9-15(14)23-16(10-27-2)18(12)20)19(26)13-4-6-24(7-13)17-3-5-21-11-22-17/h3,5,11,13H,4,6-10H2,1-2H3/t13-/m1/s1. The Hall–Kier alpha value is -2.25. The Morgan fingerprint density at radius 2 is 2.26 bits per heavy atom. The summed E-state index contributed by atoms with van der Waals surface area (Å²) in [6, 6.07) is 1.88. The zero-order chi connectivity index (χ0) is 19.0. The third kappa shape index (κ3) is 3.37. The topological polar surface area (TPSA) is 71.5 Å². The summed E-state index contributed by atoms with van der Waals surface area (Å²) in [5, 5.41) is 0.640. The van der Waals surface area contributed by atoms with Crippen molar-refractivity contribution in [3.63, 3.8) is 0 Å². The number of rotatable bonds is 4. The molecule has 2 aromatic rings. The van der Waals surface area contributed by atoms with Crippen LogP contribution >= 0.6 is 11.6 Å². The molecule has 1 atom stereocenters. The summed E-state index contributed by atoms with van der Waals surface area (Å²) in [5.74, 6) is 1.02. The zero-order valence-corrected chi connectivity index (χ0v) is 16.2. The summed E-state index contributed by atoms with van der Waals surface area (Å²) in [5.41, 5.74) is 3.74. The van der Waals surface area contributed by atoms with Crippen LogP contribution in [0, 0.1) is 12.8 Å². The third-order valence-electron chi connectivity index (χ3n) is 5.36. The SMILES string of the molecule is COCc1nc2c(c(C)c1Cl)CN(C(=O)[C@@H]1CCN(c3ccncn3)C1)C2. The van der Waals surface area contributed by atoms with Crippen LogP contribution in [0.2, 0.25) is 5.02 Å². The molecule has 7 nitrogen and oxygen atoms in total. The van der Waals surface area contributed by atoms with E-state index >= 15 is 0 Å². The predicted molar refractivity (Wildman–Crippen MR) is 101 cm³/mol. The zero-order valence-electron chi connectivity index (χ0n) is 15.5. The van der Waals surface area contributed by atoms with Gasteiger partial charge in [0.25, 0.3) is 0 Å². The summed E-state index contributed by atoms with van der Waals surface area (Å²) in [6.07, 6.45) is 4.10. The molecule has 0 bridgehead atoms. The maximum absolute atomic E-state index is 13.1. The highest BCUT2D eigenvalue weighted by atomic mass is 35.5. The van der Waals surface area contributed by atoms with Gasteiger partial charge in [-0.2, -0.15) is 0 Å². The molecule has 0 N–H and O–H groups in total. The number of aromatic nitrogens is 3. The summed E-state index contributed by atoms with van der Waals surface area (Å²) in [4.78, 5) is 30.0. The highest BCUT2D eigenvalue weighted by Crippen LogP contribution is 2.33. The maximum Gasteiger partial charge on any atom is 0.228 e. The van der Waals surface area contributed by atoms with E-state index in [1.54, 1.807) is 13.3 Å². The summed E-state index contributed by atoms with van der Waals surface area (Å²) >= 11 is 6.43. The van der Waals surface area contributed by atoms with Crippen molar-refractivity contribution in [2.24, 2.45) is 5.92 Å². The molecule has 0 aliphatic carbocycles. The van der Waals surface area contributed by atoms with Crippen molar-refractivity contribution in [1.82, 2.24) is 19.9 Å². The van der Waals surface area contributed by atoms with Crippen molar-refractivity contribution in [3.8, 4) is 0 Å². The fraction of sp³-hybridized carbons (Fsp3) is 0.474. The third-order valence-corrected chi connectivity index (χ3v) is 5.87. The first-order valence-corrected chi connectivity index (χ1v) is 9.41. The van der Waals surface area contributed by atoms with Crippen LogP contribution in [-0.4, -0.2) is 46.0 Å². The molecule has 2 aromatic heterocycles. The fourth-order valence-corrected chi connectivity index (χ4v) is 4.11. The Bertz CT molecular complexity index is 861. The molecule has 2 aliphatic heterocycles. The van der Waals surface area contributed by atoms with E-state index in [0.717, 1.165) is 41.3 Å². The Balaban J connectivity index is 1.47. The van der Waals surface area contributed by atoms with Crippen LogP contribution in [0.15, 0.2) is 18.6 Å². The van der Waals surface area contributed by atoms with Gasteiger partial charge in [-0.05, 0) is 30.5 Å². The average Bonchev–Trinajstić information content (AvgIpc) is 3.34. The molecule has 0 aromatic carbocycles.